The predicted octanol–water partition coefficient (Wildman–Crippen LogP) is 1.70. The molecule has 2 N–H and O–H groups in total. The fourth-order valence-corrected chi connectivity index (χ4v) is 2.26. The Morgan fingerprint density at radius 3 is 2.53 bits per heavy atom. The Kier molecular flexibility index (Phi) is 5.58. The van der Waals surface area contributed by atoms with E-state index in [-0.39, 0.29) is 12.1 Å². The standard InChI is InChI=1S/C12H25NO2/c1-12(10-14,8-9-15-2)13-11-6-4-3-5-7-11/h11,13-14H,3-10H2,1-2H3. The molecule has 1 fully saturated rings. The van der Waals surface area contributed by atoms with E-state index in [4.69, 9.17) is 4.74 Å². The third kappa shape index (κ3) is 4.49. The molecule has 0 bridgehead atoms. The maximum Gasteiger partial charge on any atom is 0.0611 e. The van der Waals surface area contributed by atoms with Crippen LogP contribution in [0.1, 0.15) is 45.4 Å². The van der Waals surface area contributed by atoms with Crippen LogP contribution in [0.5, 0.6) is 0 Å². The van der Waals surface area contributed by atoms with E-state index in [1.807, 2.05) is 0 Å². The highest BCUT2D eigenvalue weighted by atomic mass is 16.5. The molecule has 0 spiro atoms. The van der Waals surface area contributed by atoms with Crippen molar-refractivity contribution in [3.05, 3.63) is 0 Å². The van der Waals surface area contributed by atoms with E-state index in [2.05, 4.69) is 12.2 Å². The van der Waals surface area contributed by atoms with Crippen LogP contribution in [0.15, 0.2) is 0 Å². The van der Waals surface area contributed by atoms with Gasteiger partial charge < -0.3 is 15.2 Å². The van der Waals surface area contributed by atoms with Crippen LogP contribution in [0.2, 0.25) is 0 Å². The Morgan fingerprint density at radius 2 is 2.00 bits per heavy atom. The van der Waals surface area contributed by atoms with Crippen molar-refractivity contribution in [2.75, 3.05) is 20.3 Å². The first-order chi connectivity index (χ1) is 7.20. The zero-order valence-electron chi connectivity index (χ0n) is 10.1. The molecule has 90 valence electrons. The van der Waals surface area contributed by atoms with Crippen LogP contribution in [-0.2, 0) is 4.74 Å². The summed E-state index contributed by atoms with van der Waals surface area (Å²) in [6, 6.07) is 0.591. The predicted molar refractivity (Wildman–Crippen MR) is 62.0 cm³/mol. The van der Waals surface area contributed by atoms with Gasteiger partial charge in [-0.3, -0.25) is 0 Å². The van der Waals surface area contributed by atoms with Crippen LogP contribution >= 0.6 is 0 Å². The SMILES string of the molecule is COCCC(C)(CO)NC1CCCCC1. The van der Waals surface area contributed by atoms with Crippen molar-refractivity contribution in [1.29, 1.82) is 0 Å². The minimum absolute atomic E-state index is 0.169. The minimum atomic E-state index is -0.169. The average Bonchev–Trinajstić information content (AvgIpc) is 2.28. The maximum absolute atomic E-state index is 9.42. The summed E-state index contributed by atoms with van der Waals surface area (Å²) in [6.07, 6.45) is 7.39. The van der Waals surface area contributed by atoms with Gasteiger partial charge in [-0.05, 0) is 26.2 Å². The number of hydrogen-bond acceptors (Lipinski definition) is 3. The fourth-order valence-electron chi connectivity index (χ4n) is 2.26. The first kappa shape index (κ1) is 12.9. The molecular formula is C12H25NO2. The Bertz CT molecular complexity index is 169. The van der Waals surface area contributed by atoms with E-state index in [1.165, 1.54) is 32.1 Å². The summed E-state index contributed by atoms with van der Waals surface area (Å²) in [5.41, 5.74) is -0.169. The molecule has 15 heavy (non-hydrogen) atoms. The van der Waals surface area contributed by atoms with Gasteiger partial charge in [0.2, 0.25) is 0 Å². The number of aliphatic hydroxyl groups excluding tert-OH is 1. The van der Waals surface area contributed by atoms with Gasteiger partial charge in [0.25, 0.3) is 0 Å². The van der Waals surface area contributed by atoms with Crippen LogP contribution in [-0.4, -0.2) is 37.0 Å². The van der Waals surface area contributed by atoms with Gasteiger partial charge in [0, 0.05) is 25.3 Å². The molecule has 1 atom stereocenters. The fraction of sp³-hybridized carbons (Fsp3) is 1.00. The van der Waals surface area contributed by atoms with E-state index in [0.717, 1.165) is 6.42 Å². The zero-order valence-corrected chi connectivity index (χ0v) is 10.1. The Balaban J connectivity index is 2.35. The number of ether oxygens (including phenoxy) is 1. The molecule has 0 aromatic rings. The topological polar surface area (TPSA) is 41.5 Å². The average molecular weight is 215 g/mol. The third-order valence-corrected chi connectivity index (χ3v) is 3.36. The van der Waals surface area contributed by atoms with E-state index in [1.54, 1.807) is 7.11 Å². The van der Waals surface area contributed by atoms with Crippen molar-refractivity contribution in [2.45, 2.75) is 57.0 Å². The molecule has 0 amide bonds. The van der Waals surface area contributed by atoms with Crippen molar-refractivity contribution >= 4 is 0 Å². The molecule has 1 aliphatic rings. The molecule has 0 saturated heterocycles. The van der Waals surface area contributed by atoms with E-state index >= 15 is 0 Å². The molecular weight excluding hydrogens is 190 g/mol. The molecule has 3 nitrogen and oxygen atoms in total. The second kappa shape index (κ2) is 6.46. The molecule has 0 aromatic carbocycles. The Hall–Kier alpha value is -0.120. The van der Waals surface area contributed by atoms with Crippen molar-refractivity contribution in [3.8, 4) is 0 Å². The number of aliphatic hydroxyl groups is 1. The minimum Gasteiger partial charge on any atom is -0.394 e. The molecule has 0 aromatic heterocycles. The van der Waals surface area contributed by atoms with Gasteiger partial charge in [0.1, 0.15) is 0 Å². The van der Waals surface area contributed by atoms with Crippen LogP contribution in [0.25, 0.3) is 0 Å². The van der Waals surface area contributed by atoms with Crippen LogP contribution < -0.4 is 5.32 Å². The normalized spacial score (nSPS) is 22.6. The first-order valence-corrected chi connectivity index (χ1v) is 6.08. The smallest absolute Gasteiger partial charge is 0.0611 e. The van der Waals surface area contributed by atoms with Gasteiger partial charge >= 0.3 is 0 Å². The summed E-state index contributed by atoms with van der Waals surface area (Å²) >= 11 is 0. The second-order valence-corrected chi connectivity index (χ2v) is 4.94. The van der Waals surface area contributed by atoms with Gasteiger partial charge in [-0.15, -0.1) is 0 Å². The van der Waals surface area contributed by atoms with Crippen molar-refractivity contribution in [1.82, 2.24) is 5.32 Å². The lowest BCUT2D eigenvalue weighted by atomic mass is 9.91. The molecule has 1 rings (SSSR count). The number of hydrogen-bond donors (Lipinski definition) is 2. The van der Waals surface area contributed by atoms with Gasteiger partial charge in [0.15, 0.2) is 0 Å². The molecule has 1 saturated carbocycles. The van der Waals surface area contributed by atoms with Gasteiger partial charge in [-0.1, -0.05) is 19.3 Å². The van der Waals surface area contributed by atoms with Crippen molar-refractivity contribution in [2.24, 2.45) is 0 Å². The van der Waals surface area contributed by atoms with E-state index in [9.17, 15) is 5.11 Å². The summed E-state index contributed by atoms with van der Waals surface area (Å²) in [5, 5.41) is 13.0. The zero-order chi connectivity index (χ0) is 11.1. The summed E-state index contributed by atoms with van der Waals surface area (Å²) in [7, 11) is 1.71. The molecule has 1 aliphatic carbocycles. The number of rotatable bonds is 6. The summed E-state index contributed by atoms with van der Waals surface area (Å²) in [6.45, 7) is 2.98. The highest BCUT2D eigenvalue weighted by Crippen LogP contribution is 2.21. The third-order valence-electron chi connectivity index (χ3n) is 3.36. The lowest BCUT2D eigenvalue weighted by Gasteiger charge is -2.35. The van der Waals surface area contributed by atoms with E-state index < -0.39 is 0 Å². The van der Waals surface area contributed by atoms with Gasteiger partial charge in [-0.2, -0.15) is 0 Å². The van der Waals surface area contributed by atoms with E-state index in [0.29, 0.717) is 12.6 Å². The number of methoxy groups -OCH3 is 1. The molecule has 0 heterocycles. The Morgan fingerprint density at radius 1 is 1.33 bits per heavy atom. The highest BCUT2D eigenvalue weighted by molar-refractivity contribution is 4.87. The highest BCUT2D eigenvalue weighted by Gasteiger charge is 2.26. The van der Waals surface area contributed by atoms with Crippen molar-refractivity contribution < 1.29 is 9.84 Å². The van der Waals surface area contributed by atoms with Crippen LogP contribution in [0, 0.1) is 0 Å². The Labute approximate surface area is 93.2 Å². The van der Waals surface area contributed by atoms with Gasteiger partial charge in [-0.25, -0.2) is 0 Å². The molecule has 1 unspecified atom stereocenters. The lowest BCUT2D eigenvalue weighted by molar-refractivity contribution is 0.102. The van der Waals surface area contributed by atoms with Gasteiger partial charge in [0.05, 0.1) is 6.61 Å². The largest absolute Gasteiger partial charge is 0.394 e. The maximum atomic E-state index is 9.42. The van der Waals surface area contributed by atoms with Crippen molar-refractivity contribution in [3.63, 3.8) is 0 Å². The second-order valence-electron chi connectivity index (χ2n) is 4.94. The quantitative estimate of drug-likeness (QED) is 0.708. The molecule has 0 aliphatic heterocycles. The summed E-state index contributed by atoms with van der Waals surface area (Å²) in [4.78, 5) is 0. The molecule has 3 heteroatoms. The monoisotopic (exact) mass is 215 g/mol. The summed E-state index contributed by atoms with van der Waals surface area (Å²) < 4.78 is 5.08. The number of nitrogens with one attached hydrogen (secondary N) is 1. The molecule has 0 radical (unpaired) electrons. The van der Waals surface area contributed by atoms with Crippen LogP contribution in [0.3, 0.4) is 0 Å². The lowest BCUT2D eigenvalue weighted by Crippen LogP contribution is -2.52. The summed E-state index contributed by atoms with van der Waals surface area (Å²) in [5.74, 6) is 0. The van der Waals surface area contributed by atoms with Crippen LogP contribution in [0.4, 0.5) is 0 Å². The first-order valence-electron chi connectivity index (χ1n) is 6.08.